The molecule has 0 spiro atoms. The Morgan fingerprint density at radius 1 is 1.13 bits per heavy atom. The average Bonchev–Trinajstić information content (AvgIpc) is 3.26. The van der Waals surface area contributed by atoms with Gasteiger partial charge in [0.2, 0.25) is 0 Å². The van der Waals surface area contributed by atoms with Crippen LogP contribution in [0.1, 0.15) is 52.4 Å². The summed E-state index contributed by atoms with van der Waals surface area (Å²) < 4.78 is 55.0. The van der Waals surface area contributed by atoms with E-state index in [4.69, 9.17) is 0 Å². The van der Waals surface area contributed by atoms with Crippen LogP contribution in [0, 0.1) is 5.82 Å². The molecule has 4 rings (SSSR count). The third-order valence-electron chi connectivity index (χ3n) is 4.77. The van der Waals surface area contributed by atoms with Gasteiger partial charge in [-0.25, -0.2) is 14.1 Å². The molecule has 2 aromatic heterocycles. The zero-order valence-corrected chi connectivity index (χ0v) is 16.5. The number of aromatic nitrogens is 4. The molecule has 0 bridgehead atoms. The van der Waals surface area contributed by atoms with Crippen molar-refractivity contribution in [1.82, 2.24) is 20.0 Å². The Morgan fingerprint density at radius 2 is 1.90 bits per heavy atom. The van der Waals surface area contributed by atoms with Crippen LogP contribution in [0.25, 0.3) is 5.69 Å². The van der Waals surface area contributed by atoms with Gasteiger partial charge in [-0.2, -0.15) is 13.2 Å². The number of carbonyl (C=O) groups is 1. The van der Waals surface area contributed by atoms with Crippen molar-refractivity contribution in [2.24, 2.45) is 0 Å². The van der Waals surface area contributed by atoms with Gasteiger partial charge in [0.1, 0.15) is 5.82 Å². The molecule has 0 aliphatic heterocycles. The van der Waals surface area contributed by atoms with Gasteiger partial charge >= 0.3 is 6.18 Å². The lowest BCUT2D eigenvalue weighted by molar-refractivity contribution is -0.143. The van der Waals surface area contributed by atoms with Crippen LogP contribution in [-0.4, -0.2) is 25.9 Å². The van der Waals surface area contributed by atoms with Crippen molar-refractivity contribution in [3.8, 4) is 5.69 Å². The number of hydrogen-bond acceptors (Lipinski definition) is 5. The first-order chi connectivity index (χ1) is 14.3. The summed E-state index contributed by atoms with van der Waals surface area (Å²) in [6.45, 7) is 0. The highest BCUT2D eigenvalue weighted by Gasteiger charge is 2.42. The Balaban J connectivity index is 1.65. The van der Waals surface area contributed by atoms with Gasteiger partial charge in [0.25, 0.3) is 5.91 Å². The molecule has 0 unspecified atom stereocenters. The van der Waals surface area contributed by atoms with Crippen molar-refractivity contribution in [3.05, 3.63) is 52.0 Å². The number of thiazole rings is 1. The lowest BCUT2D eigenvalue weighted by Gasteiger charge is -2.11. The molecule has 11 heteroatoms. The zero-order chi connectivity index (χ0) is 21.3. The maximum absolute atomic E-state index is 13.7. The van der Waals surface area contributed by atoms with Crippen LogP contribution in [0.4, 0.5) is 22.7 Å². The van der Waals surface area contributed by atoms with Crippen molar-refractivity contribution in [2.75, 3.05) is 5.32 Å². The minimum atomic E-state index is -4.93. The smallest absolute Gasteiger partial charge is 0.296 e. The summed E-state index contributed by atoms with van der Waals surface area (Å²) in [6.07, 6.45) is 0.930. The van der Waals surface area contributed by atoms with E-state index in [2.05, 4.69) is 20.6 Å². The molecule has 0 radical (unpaired) electrons. The highest BCUT2D eigenvalue weighted by Crippen LogP contribution is 2.34. The van der Waals surface area contributed by atoms with Crippen LogP contribution in [0.3, 0.4) is 0 Å². The summed E-state index contributed by atoms with van der Waals surface area (Å²) in [6, 6.07) is 4.47. The second kappa shape index (κ2) is 8.13. The Bertz CT molecular complexity index is 1050. The van der Waals surface area contributed by atoms with Crippen LogP contribution in [0.15, 0.2) is 24.3 Å². The van der Waals surface area contributed by atoms with E-state index in [1.807, 2.05) is 0 Å². The van der Waals surface area contributed by atoms with Gasteiger partial charge in [0.05, 0.1) is 11.4 Å². The van der Waals surface area contributed by atoms with Crippen LogP contribution in [-0.2, 0) is 19.0 Å². The average molecular weight is 439 g/mol. The maximum Gasteiger partial charge on any atom is 0.435 e. The fraction of sp³-hybridized carbons (Fsp3) is 0.368. The van der Waals surface area contributed by atoms with E-state index in [9.17, 15) is 22.4 Å². The predicted octanol–water partition coefficient (Wildman–Crippen LogP) is 4.79. The van der Waals surface area contributed by atoms with Gasteiger partial charge in [0.15, 0.2) is 16.5 Å². The van der Waals surface area contributed by atoms with E-state index in [0.29, 0.717) is 4.68 Å². The summed E-state index contributed by atoms with van der Waals surface area (Å²) in [7, 11) is 0. The molecule has 3 aromatic rings. The fourth-order valence-corrected chi connectivity index (χ4v) is 4.44. The number of benzene rings is 1. The number of aryl methyl sites for hydroxylation is 2. The number of halogens is 4. The van der Waals surface area contributed by atoms with E-state index in [0.717, 1.165) is 61.2 Å². The maximum atomic E-state index is 13.7. The summed E-state index contributed by atoms with van der Waals surface area (Å²) in [4.78, 5) is 18.0. The largest absolute Gasteiger partial charge is 0.435 e. The van der Waals surface area contributed by atoms with Crippen LogP contribution in [0.5, 0.6) is 0 Å². The standard InChI is InChI=1S/C19H17F4N5OS/c20-11-6-5-7-12(10-11)28-16(19(21,22)23)15(26-27-28)17(29)25-18-24-13-8-3-1-2-4-9-14(13)30-18/h5-7,10H,1-4,8-9H2,(H,24,25,29). The Kier molecular flexibility index (Phi) is 5.54. The molecule has 1 aromatic carbocycles. The molecule has 1 N–H and O–H groups in total. The number of nitrogens with one attached hydrogen (secondary N) is 1. The summed E-state index contributed by atoms with van der Waals surface area (Å²) in [5, 5.41) is 9.54. The molecule has 0 fully saturated rings. The van der Waals surface area contributed by atoms with E-state index in [1.165, 1.54) is 23.5 Å². The molecule has 0 atom stereocenters. The fourth-order valence-electron chi connectivity index (χ4n) is 3.39. The van der Waals surface area contributed by atoms with Crippen molar-refractivity contribution in [1.29, 1.82) is 0 Å². The minimum absolute atomic E-state index is 0.189. The monoisotopic (exact) mass is 439 g/mol. The van der Waals surface area contributed by atoms with Gasteiger partial charge in [0, 0.05) is 4.88 Å². The second-order valence-electron chi connectivity index (χ2n) is 6.93. The first kappa shape index (κ1) is 20.5. The lowest BCUT2D eigenvalue weighted by atomic mass is 10.0. The van der Waals surface area contributed by atoms with Crippen molar-refractivity contribution < 1.29 is 22.4 Å². The van der Waals surface area contributed by atoms with E-state index in [-0.39, 0.29) is 10.8 Å². The lowest BCUT2D eigenvalue weighted by Crippen LogP contribution is -2.21. The number of amides is 1. The molecule has 2 heterocycles. The molecule has 1 aliphatic rings. The summed E-state index contributed by atoms with van der Waals surface area (Å²) in [5.74, 6) is -1.80. The normalized spacial score (nSPS) is 14.7. The molecule has 1 aliphatic carbocycles. The highest BCUT2D eigenvalue weighted by atomic mass is 32.1. The van der Waals surface area contributed by atoms with E-state index >= 15 is 0 Å². The second-order valence-corrected chi connectivity index (χ2v) is 8.02. The number of fused-ring (bicyclic) bond motifs is 1. The minimum Gasteiger partial charge on any atom is -0.296 e. The number of nitrogens with zero attached hydrogens (tertiary/aromatic N) is 4. The predicted molar refractivity (Wildman–Crippen MR) is 102 cm³/mol. The van der Waals surface area contributed by atoms with Crippen molar-refractivity contribution >= 4 is 22.4 Å². The SMILES string of the molecule is O=C(Nc1nc2c(s1)CCCCCC2)c1nnn(-c2cccc(F)c2)c1C(F)(F)F. The van der Waals surface area contributed by atoms with E-state index < -0.39 is 29.3 Å². The molecular weight excluding hydrogens is 422 g/mol. The zero-order valence-electron chi connectivity index (χ0n) is 15.7. The number of anilines is 1. The molecule has 6 nitrogen and oxygen atoms in total. The van der Waals surface area contributed by atoms with Gasteiger partial charge in [-0.15, -0.1) is 16.4 Å². The van der Waals surface area contributed by atoms with Gasteiger partial charge in [-0.1, -0.05) is 24.1 Å². The molecule has 0 saturated heterocycles. The topological polar surface area (TPSA) is 72.7 Å². The Morgan fingerprint density at radius 3 is 2.63 bits per heavy atom. The van der Waals surface area contributed by atoms with Gasteiger partial charge in [-0.3, -0.25) is 10.1 Å². The molecule has 158 valence electrons. The van der Waals surface area contributed by atoms with Gasteiger partial charge in [-0.05, 0) is 43.9 Å². The number of rotatable bonds is 3. The van der Waals surface area contributed by atoms with E-state index in [1.54, 1.807) is 0 Å². The first-order valence-electron chi connectivity index (χ1n) is 9.41. The van der Waals surface area contributed by atoms with Crippen LogP contribution >= 0.6 is 11.3 Å². The van der Waals surface area contributed by atoms with Crippen molar-refractivity contribution in [2.45, 2.75) is 44.7 Å². The molecule has 1 amide bonds. The number of hydrogen-bond donors (Lipinski definition) is 1. The van der Waals surface area contributed by atoms with Crippen LogP contribution < -0.4 is 5.32 Å². The van der Waals surface area contributed by atoms with Crippen molar-refractivity contribution in [3.63, 3.8) is 0 Å². The Labute approximate surface area is 172 Å². The Hall–Kier alpha value is -2.82. The summed E-state index contributed by atoms with van der Waals surface area (Å²) >= 11 is 1.27. The third-order valence-corrected chi connectivity index (χ3v) is 5.85. The summed E-state index contributed by atoms with van der Waals surface area (Å²) in [5.41, 5.74) is -1.57. The molecule has 30 heavy (non-hydrogen) atoms. The third kappa shape index (κ3) is 4.20. The first-order valence-corrected chi connectivity index (χ1v) is 10.2. The number of carbonyl (C=O) groups excluding carboxylic acids is 1. The molecular formula is C19H17F4N5OS. The number of alkyl halides is 3. The van der Waals surface area contributed by atoms with Crippen LogP contribution in [0.2, 0.25) is 0 Å². The molecule has 0 saturated carbocycles. The highest BCUT2D eigenvalue weighted by molar-refractivity contribution is 7.15. The quantitative estimate of drug-likeness (QED) is 0.596. The van der Waals surface area contributed by atoms with Gasteiger partial charge < -0.3 is 0 Å².